The van der Waals surface area contributed by atoms with Crippen molar-refractivity contribution in [1.82, 2.24) is 15.3 Å². The molecule has 0 aliphatic carbocycles. The summed E-state index contributed by atoms with van der Waals surface area (Å²) in [6, 6.07) is 17.5. The smallest absolute Gasteiger partial charge is 0.335 e. The van der Waals surface area contributed by atoms with Crippen LogP contribution in [-0.2, 0) is 42.3 Å². The van der Waals surface area contributed by atoms with Crippen molar-refractivity contribution in [3.8, 4) is 23.6 Å². The van der Waals surface area contributed by atoms with E-state index in [1.807, 2.05) is 72.0 Å². The predicted molar refractivity (Wildman–Crippen MR) is 185 cm³/mol. The number of nitrogens with two attached hydrogens (primary N) is 1. The van der Waals surface area contributed by atoms with Crippen molar-refractivity contribution >= 4 is 5.97 Å². The van der Waals surface area contributed by atoms with Crippen LogP contribution in [-0.4, -0.2) is 32.6 Å². The number of nitrogens with one attached hydrogen (secondary N) is 1. The van der Waals surface area contributed by atoms with Crippen LogP contribution in [0.1, 0.15) is 88.4 Å². The van der Waals surface area contributed by atoms with Crippen molar-refractivity contribution < 1.29 is 28.8 Å². The molecule has 0 unspecified atom stereocenters. The van der Waals surface area contributed by atoms with Crippen LogP contribution >= 0.6 is 0 Å². The van der Waals surface area contributed by atoms with Crippen LogP contribution in [0.4, 0.5) is 0 Å². The Morgan fingerprint density at radius 1 is 0.840 bits per heavy atom. The maximum Gasteiger partial charge on any atom is 0.335 e. The number of pyridine rings is 2. The van der Waals surface area contributed by atoms with Crippen LogP contribution in [0.3, 0.4) is 0 Å². The van der Waals surface area contributed by atoms with Gasteiger partial charge in [0.05, 0.1) is 53.4 Å². The zero-order valence-corrected chi connectivity index (χ0v) is 29.2. The van der Waals surface area contributed by atoms with Crippen molar-refractivity contribution in [2.24, 2.45) is 5.73 Å². The molecule has 0 fully saturated rings. The molecule has 0 atom stereocenters. The van der Waals surface area contributed by atoms with Gasteiger partial charge in [0.2, 0.25) is 11.6 Å². The summed E-state index contributed by atoms with van der Waals surface area (Å²) in [6.45, 7) is 14.4. The molecule has 0 bridgehead atoms. The van der Waals surface area contributed by atoms with Crippen LogP contribution < -0.4 is 20.5 Å². The van der Waals surface area contributed by atoms with E-state index >= 15 is 0 Å². The molecule has 0 saturated carbocycles. The summed E-state index contributed by atoms with van der Waals surface area (Å²) in [5.41, 5.74) is 13.8. The summed E-state index contributed by atoms with van der Waals surface area (Å²) in [5.74, 6) is -0.552. The largest absolute Gasteiger partial charge is 0.478 e. The van der Waals surface area contributed by atoms with Gasteiger partial charge in [-0.15, -0.1) is 0 Å². The maximum absolute atomic E-state index is 10.4. The lowest BCUT2D eigenvalue weighted by molar-refractivity contribution is -0.181. The van der Waals surface area contributed by atoms with Gasteiger partial charge in [0, 0.05) is 70.8 Å². The van der Waals surface area contributed by atoms with Crippen LogP contribution in [0.15, 0.2) is 60.9 Å². The van der Waals surface area contributed by atoms with Gasteiger partial charge >= 0.3 is 5.97 Å². The number of aromatic nitrogens is 2. The van der Waals surface area contributed by atoms with Gasteiger partial charge < -0.3 is 35.1 Å². The summed E-state index contributed by atoms with van der Waals surface area (Å²) in [6.07, 6.45) is 3.66. The Labute approximate surface area is 292 Å². The van der Waals surface area contributed by atoms with Gasteiger partial charge in [-0.1, -0.05) is 18.2 Å². The topological polar surface area (TPSA) is 186 Å². The third-order valence-corrected chi connectivity index (χ3v) is 7.79. The van der Waals surface area contributed by atoms with E-state index in [2.05, 4.69) is 21.4 Å². The molecule has 4 aromatic rings. The van der Waals surface area contributed by atoms with Crippen molar-refractivity contribution in [2.45, 2.75) is 86.0 Å². The predicted octanol–water partition coefficient (Wildman–Crippen LogP) is 5.95. The Bertz CT molecular complexity index is 1930. The van der Waals surface area contributed by atoms with E-state index in [-0.39, 0.29) is 5.56 Å². The molecule has 12 nitrogen and oxygen atoms in total. The fraction of sp³-hybridized carbons (Fsp3) is 0.342. The highest BCUT2D eigenvalue weighted by Crippen LogP contribution is 2.36. The number of nitrogens with zero attached hydrogens (tertiary/aromatic N) is 4. The standard InChI is InChI=1S/C19H21N3O2.C11H16N2O2.C8H5NO2/c1-13-18-17(12-23-19(2,3)24-18)16(11-22-13)10-21-9-15-6-4-5-14(7-15)8-20;1-7-10-9(8(4-12)5-13-7)6-14-11(2,3)15-10;9-5-6-2-1-3-7(4-6)8(10)11/h4-7,11,21H,9-10,12H2,1-3H3;5H,4,6,12H2,1-3H3;1-4H,(H,10,11). The molecule has 2 aromatic carbocycles. The molecule has 4 heterocycles. The van der Waals surface area contributed by atoms with Crippen LogP contribution in [0.25, 0.3) is 0 Å². The van der Waals surface area contributed by atoms with Crippen LogP contribution in [0.2, 0.25) is 0 Å². The van der Waals surface area contributed by atoms with Gasteiger partial charge in [-0.3, -0.25) is 9.97 Å². The number of nitriles is 2. The second kappa shape index (κ2) is 16.4. The number of ether oxygens (including phenoxy) is 4. The molecule has 2 aromatic heterocycles. The van der Waals surface area contributed by atoms with Crippen molar-refractivity contribution in [3.05, 3.63) is 117 Å². The molecule has 12 heteroatoms. The number of hydrogen-bond acceptors (Lipinski definition) is 11. The first-order valence-corrected chi connectivity index (χ1v) is 16.0. The first-order valence-electron chi connectivity index (χ1n) is 16.0. The lowest BCUT2D eigenvalue weighted by Gasteiger charge is -2.34. The summed E-state index contributed by atoms with van der Waals surface area (Å²) in [5, 5.41) is 29.3. The molecule has 2 aliphatic rings. The summed E-state index contributed by atoms with van der Waals surface area (Å²) >= 11 is 0. The van der Waals surface area contributed by atoms with Crippen molar-refractivity contribution in [3.63, 3.8) is 0 Å². The van der Waals surface area contributed by atoms with Gasteiger partial charge in [-0.05, 0) is 60.9 Å². The molecule has 0 radical (unpaired) electrons. The zero-order chi connectivity index (χ0) is 36.5. The second-order valence-corrected chi connectivity index (χ2v) is 12.6. The highest BCUT2D eigenvalue weighted by Gasteiger charge is 2.31. The first kappa shape index (κ1) is 37.4. The number of benzene rings is 2. The Morgan fingerprint density at radius 3 is 1.90 bits per heavy atom. The Hall–Kier alpha value is -5.37. The molecule has 50 heavy (non-hydrogen) atoms. The minimum atomic E-state index is -1.01. The number of carboxylic acids is 1. The van der Waals surface area contributed by atoms with Crippen molar-refractivity contribution in [1.29, 1.82) is 10.5 Å². The maximum atomic E-state index is 10.4. The van der Waals surface area contributed by atoms with E-state index in [1.54, 1.807) is 24.4 Å². The normalized spacial score (nSPS) is 14.7. The Balaban J connectivity index is 0.000000184. The van der Waals surface area contributed by atoms with E-state index in [0.717, 1.165) is 50.7 Å². The third kappa shape index (κ3) is 9.84. The van der Waals surface area contributed by atoms with E-state index in [0.29, 0.717) is 44.0 Å². The number of aryl methyl sites for hydroxylation is 2. The van der Waals surface area contributed by atoms with E-state index < -0.39 is 17.5 Å². The minimum Gasteiger partial charge on any atom is -0.478 e. The fourth-order valence-corrected chi connectivity index (χ4v) is 5.12. The highest BCUT2D eigenvalue weighted by molar-refractivity contribution is 5.87. The molecule has 0 saturated heterocycles. The zero-order valence-electron chi connectivity index (χ0n) is 29.2. The SMILES string of the molecule is Cc1ncc(CN)c2c1OC(C)(C)OC2.Cc1ncc(CNCc2cccc(C#N)c2)c2c1OC(C)(C)OC2.N#Cc1cccc(C(=O)O)c1. The highest BCUT2D eigenvalue weighted by atomic mass is 16.7. The average molecular weight is 679 g/mol. The molecule has 260 valence electrons. The summed E-state index contributed by atoms with van der Waals surface area (Å²) < 4.78 is 23.0. The third-order valence-electron chi connectivity index (χ3n) is 7.79. The summed E-state index contributed by atoms with van der Waals surface area (Å²) in [4.78, 5) is 19.1. The number of fused-ring (bicyclic) bond motifs is 2. The fourth-order valence-electron chi connectivity index (χ4n) is 5.12. The van der Waals surface area contributed by atoms with Gasteiger partial charge in [-0.2, -0.15) is 10.5 Å². The number of rotatable bonds is 6. The molecule has 0 spiro atoms. The number of carboxylic acid groups (broad SMARTS) is 1. The molecule has 2 aliphatic heterocycles. The van der Waals surface area contributed by atoms with Gasteiger partial charge in [0.15, 0.2) is 0 Å². The van der Waals surface area contributed by atoms with E-state index in [9.17, 15) is 4.79 Å². The minimum absolute atomic E-state index is 0.143. The molecule has 0 amide bonds. The van der Waals surface area contributed by atoms with Gasteiger partial charge in [0.25, 0.3) is 0 Å². The second-order valence-electron chi connectivity index (χ2n) is 12.6. The first-order chi connectivity index (χ1) is 23.8. The Kier molecular flexibility index (Phi) is 12.2. The molecular weight excluding hydrogens is 636 g/mol. The molecular formula is C38H42N6O6. The molecule has 6 rings (SSSR count). The average Bonchev–Trinajstić information content (AvgIpc) is 3.10. The van der Waals surface area contributed by atoms with E-state index in [1.165, 1.54) is 12.1 Å². The van der Waals surface area contributed by atoms with Crippen LogP contribution in [0.5, 0.6) is 11.5 Å². The number of hydrogen-bond donors (Lipinski definition) is 3. The van der Waals surface area contributed by atoms with Crippen molar-refractivity contribution in [2.75, 3.05) is 0 Å². The van der Waals surface area contributed by atoms with Gasteiger partial charge in [-0.25, -0.2) is 4.79 Å². The van der Waals surface area contributed by atoms with Crippen LogP contribution in [0, 0.1) is 36.5 Å². The number of carbonyl (C=O) groups is 1. The quantitative estimate of drug-likeness (QED) is 0.218. The summed E-state index contributed by atoms with van der Waals surface area (Å²) in [7, 11) is 0. The van der Waals surface area contributed by atoms with E-state index in [4.69, 9.17) is 40.3 Å². The Morgan fingerprint density at radius 2 is 1.36 bits per heavy atom. The van der Waals surface area contributed by atoms with Gasteiger partial charge in [0.1, 0.15) is 11.5 Å². The lowest BCUT2D eigenvalue weighted by atomic mass is 10.1. The monoisotopic (exact) mass is 678 g/mol. The number of aromatic carboxylic acids is 1. The molecule has 4 N–H and O–H groups in total. The lowest BCUT2D eigenvalue weighted by Crippen LogP contribution is -2.36.